The van der Waals surface area contributed by atoms with Crippen LogP contribution >= 0.6 is 0 Å². The first-order valence-electron chi connectivity index (χ1n) is 9.76. The van der Waals surface area contributed by atoms with Crippen molar-refractivity contribution >= 4 is 12.0 Å². The van der Waals surface area contributed by atoms with Crippen molar-refractivity contribution in [2.24, 2.45) is 0 Å². The molecule has 1 aliphatic carbocycles. The van der Waals surface area contributed by atoms with E-state index in [2.05, 4.69) is 35.1 Å². The molecule has 1 aliphatic rings. The molecule has 0 spiro atoms. The molecule has 2 amide bonds. The summed E-state index contributed by atoms with van der Waals surface area (Å²) >= 11 is 0. The third kappa shape index (κ3) is 4.18. The summed E-state index contributed by atoms with van der Waals surface area (Å²) in [5.74, 6) is -1.11. The zero-order valence-electron chi connectivity index (χ0n) is 16.2. The number of amides is 2. The molecule has 3 aromatic rings. The van der Waals surface area contributed by atoms with Gasteiger partial charge in [0.05, 0.1) is 6.61 Å². The molecular formula is C24H22N2O4. The van der Waals surface area contributed by atoms with Gasteiger partial charge in [0.15, 0.2) is 0 Å². The number of carbonyl (C=O) groups is 2. The van der Waals surface area contributed by atoms with Crippen molar-refractivity contribution in [2.45, 2.75) is 18.4 Å². The Morgan fingerprint density at radius 1 is 0.867 bits per heavy atom. The Balaban J connectivity index is 1.36. The zero-order chi connectivity index (χ0) is 20.9. The summed E-state index contributed by atoms with van der Waals surface area (Å²) in [5, 5.41) is 11.9. The third-order valence-corrected chi connectivity index (χ3v) is 5.26. The van der Waals surface area contributed by atoms with Crippen LogP contribution in [0.1, 0.15) is 22.6 Å². The van der Waals surface area contributed by atoms with E-state index in [1.54, 1.807) is 0 Å². The van der Waals surface area contributed by atoms with Gasteiger partial charge in [-0.15, -0.1) is 0 Å². The molecule has 0 bridgehead atoms. The van der Waals surface area contributed by atoms with E-state index >= 15 is 0 Å². The maximum absolute atomic E-state index is 12.2. The molecule has 0 radical (unpaired) electrons. The number of benzene rings is 3. The Morgan fingerprint density at radius 3 is 2.03 bits per heavy atom. The fraction of sp³-hybridized carbons (Fsp3) is 0.167. The second-order valence-electron chi connectivity index (χ2n) is 7.19. The summed E-state index contributed by atoms with van der Waals surface area (Å²) in [7, 11) is 0. The molecule has 3 N–H and O–H groups in total. The first kappa shape index (κ1) is 19.7. The SMILES string of the molecule is O=C(NOCC1c2ccccc2-c2ccccc21)N[C@@H](Cc1ccccc1)C(=O)O. The van der Waals surface area contributed by atoms with Crippen LogP contribution in [0.4, 0.5) is 4.79 Å². The summed E-state index contributed by atoms with van der Waals surface area (Å²) in [6.07, 6.45) is 0.187. The first-order valence-corrected chi connectivity index (χ1v) is 9.76. The summed E-state index contributed by atoms with van der Waals surface area (Å²) < 4.78 is 0. The van der Waals surface area contributed by atoms with Gasteiger partial charge in [0.2, 0.25) is 0 Å². The minimum atomic E-state index is -1.10. The van der Waals surface area contributed by atoms with E-state index in [0.29, 0.717) is 0 Å². The highest BCUT2D eigenvalue weighted by Crippen LogP contribution is 2.44. The molecule has 0 saturated carbocycles. The minimum Gasteiger partial charge on any atom is -0.480 e. The molecule has 0 saturated heterocycles. The molecular weight excluding hydrogens is 380 g/mol. The number of carboxylic acids is 1. The molecule has 0 aromatic heterocycles. The molecule has 4 rings (SSSR count). The number of carbonyl (C=O) groups excluding carboxylic acids is 1. The number of rotatable bonds is 7. The predicted molar refractivity (Wildman–Crippen MR) is 113 cm³/mol. The van der Waals surface area contributed by atoms with Gasteiger partial charge in [-0.3, -0.25) is 4.84 Å². The van der Waals surface area contributed by atoms with E-state index in [1.807, 2.05) is 54.6 Å². The van der Waals surface area contributed by atoms with Crippen molar-refractivity contribution in [1.29, 1.82) is 0 Å². The smallest absolute Gasteiger partial charge is 0.339 e. The number of nitrogens with one attached hydrogen (secondary N) is 2. The van der Waals surface area contributed by atoms with Crippen molar-refractivity contribution < 1.29 is 19.5 Å². The van der Waals surface area contributed by atoms with Crippen LogP contribution in [0.5, 0.6) is 0 Å². The zero-order valence-corrected chi connectivity index (χ0v) is 16.2. The molecule has 152 valence electrons. The van der Waals surface area contributed by atoms with E-state index in [4.69, 9.17) is 4.84 Å². The van der Waals surface area contributed by atoms with E-state index in [9.17, 15) is 14.7 Å². The Hall–Kier alpha value is -3.64. The second kappa shape index (κ2) is 8.80. The van der Waals surface area contributed by atoms with Crippen LogP contribution in [0.15, 0.2) is 78.9 Å². The number of carboxylic acid groups (broad SMARTS) is 1. The fourth-order valence-corrected chi connectivity index (χ4v) is 3.87. The summed E-state index contributed by atoms with van der Waals surface area (Å²) in [6, 6.07) is 23.7. The van der Waals surface area contributed by atoms with Crippen LogP contribution in [-0.4, -0.2) is 29.8 Å². The normalized spacial score (nSPS) is 13.2. The standard InChI is InChI=1S/C24H22N2O4/c27-23(28)22(14-16-8-2-1-3-9-16)25-24(29)26-30-15-21-19-12-6-4-10-17(19)18-11-5-7-13-20(18)21/h1-13,21-22H,14-15H2,(H,27,28)(H2,25,26,29)/t22-/m0/s1. The van der Waals surface area contributed by atoms with Gasteiger partial charge in [-0.05, 0) is 27.8 Å². The highest BCUT2D eigenvalue weighted by molar-refractivity contribution is 5.82. The molecule has 0 heterocycles. The van der Waals surface area contributed by atoms with Gasteiger partial charge in [0.25, 0.3) is 0 Å². The molecule has 0 fully saturated rings. The summed E-state index contributed by atoms with van der Waals surface area (Å²) in [4.78, 5) is 29.2. The molecule has 0 aliphatic heterocycles. The number of aliphatic carboxylic acids is 1. The maximum atomic E-state index is 12.2. The highest BCUT2D eigenvalue weighted by Gasteiger charge is 2.28. The van der Waals surface area contributed by atoms with Gasteiger partial charge < -0.3 is 10.4 Å². The number of hydroxylamine groups is 1. The highest BCUT2D eigenvalue weighted by atomic mass is 16.7. The lowest BCUT2D eigenvalue weighted by atomic mass is 9.98. The lowest BCUT2D eigenvalue weighted by Crippen LogP contribution is -2.47. The van der Waals surface area contributed by atoms with Gasteiger partial charge in [-0.1, -0.05) is 78.9 Å². The van der Waals surface area contributed by atoms with E-state index in [1.165, 1.54) is 11.1 Å². The van der Waals surface area contributed by atoms with Crippen molar-refractivity contribution in [3.8, 4) is 11.1 Å². The van der Waals surface area contributed by atoms with Crippen LogP contribution in [-0.2, 0) is 16.1 Å². The summed E-state index contributed by atoms with van der Waals surface area (Å²) in [5.41, 5.74) is 7.78. The van der Waals surface area contributed by atoms with E-state index in [-0.39, 0.29) is 18.9 Å². The van der Waals surface area contributed by atoms with E-state index in [0.717, 1.165) is 16.7 Å². The summed E-state index contributed by atoms with van der Waals surface area (Å²) in [6.45, 7) is 0.248. The molecule has 0 unspecified atom stereocenters. The molecule has 1 atom stereocenters. The minimum absolute atomic E-state index is 0.00251. The molecule has 30 heavy (non-hydrogen) atoms. The van der Waals surface area contributed by atoms with Crippen LogP contribution < -0.4 is 10.8 Å². The lowest BCUT2D eigenvalue weighted by Gasteiger charge is -2.17. The number of fused-ring (bicyclic) bond motifs is 3. The average molecular weight is 402 g/mol. The van der Waals surface area contributed by atoms with Crippen LogP contribution in [0, 0.1) is 0 Å². The van der Waals surface area contributed by atoms with Gasteiger partial charge in [0.1, 0.15) is 6.04 Å². The Labute approximate surface area is 174 Å². The third-order valence-electron chi connectivity index (χ3n) is 5.26. The largest absolute Gasteiger partial charge is 0.480 e. The maximum Gasteiger partial charge on any atom is 0.339 e. The number of urea groups is 1. The van der Waals surface area contributed by atoms with Gasteiger partial charge in [-0.25, -0.2) is 15.1 Å². The van der Waals surface area contributed by atoms with Crippen LogP contribution in [0.25, 0.3) is 11.1 Å². The Morgan fingerprint density at radius 2 is 1.43 bits per heavy atom. The topological polar surface area (TPSA) is 87.7 Å². The number of hydrogen-bond acceptors (Lipinski definition) is 3. The van der Waals surface area contributed by atoms with Crippen molar-refractivity contribution in [2.75, 3.05) is 6.61 Å². The molecule has 6 heteroatoms. The number of hydrogen-bond donors (Lipinski definition) is 3. The van der Waals surface area contributed by atoms with Crippen LogP contribution in [0.2, 0.25) is 0 Å². The Kier molecular flexibility index (Phi) is 5.77. The predicted octanol–water partition coefficient (Wildman–Crippen LogP) is 3.73. The van der Waals surface area contributed by atoms with E-state index < -0.39 is 18.0 Å². The van der Waals surface area contributed by atoms with Gasteiger partial charge in [-0.2, -0.15) is 0 Å². The van der Waals surface area contributed by atoms with Gasteiger partial charge in [0, 0.05) is 12.3 Å². The monoisotopic (exact) mass is 402 g/mol. The first-order chi connectivity index (χ1) is 14.6. The van der Waals surface area contributed by atoms with Crippen molar-refractivity contribution in [3.63, 3.8) is 0 Å². The Bertz CT molecular complexity index is 1010. The lowest BCUT2D eigenvalue weighted by molar-refractivity contribution is -0.139. The quantitative estimate of drug-likeness (QED) is 0.526. The molecule has 3 aromatic carbocycles. The average Bonchev–Trinajstić information content (AvgIpc) is 3.08. The van der Waals surface area contributed by atoms with Crippen molar-refractivity contribution in [1.82, 2.24) is 10.8 Å². The fourth-order valence-electron chi connectivity index (χ4n) is 3.87. The van der Waals surface area contributed by atoms with Gasteiger partial charge >= 0.3 is 12.0 Å². The van der Waals surface area contributed by atoms with Crippen molar-refractivity contribution in [3.05, 3.63) is 95.6 Å². The molecule has 6 nitrogen and oxygen atoms in total. The second-order valence-corrected chi connectivity index (χ2v) is 7.19. The van der Waals surface area contributed by atoms with Crippen LogP contribution in [0.3, 0.4) is 0 Å².